The highest BCUT2D eigenvalue weighted by Gasteiger charge is 2.48. The molecule has 2 aliphatic carbocycles. The number of aryl methyl sites for hydroxylation is 4. The Kier molecular flexibility index (Phi) is 11.1. The first-order valence-corrected chi connectivity index (χ1v) is 24.6. The number of benzene rings is 9. The first-order chi connectivity index (χ1) is 32.9. The van der Waals surface area contributed by atoms with Gasteiger partial charge >= 0.3 is 0 Å². The van der Waals surface area contributed by atoms with E-state index in [1.807, 2.05) is 0 Å². The lowest BCUT2D eigenvalue weighted by molar-refractivity contribution is 0.759. The summed E-state index contributed by atoms with van der Waals surface area (Å²) in [6.07, 6.45) is 6.96. The van der Waals surface area contributed by atoms with Crippen LogP contribution >= 0.6 is 0 Å². The second-order valence-electron chi connectivity index (χ2n) is 19.1. The molecule has 9 aromatic rings. The molecule has 0 radical (unpaired) electrons. The van der Waals surface area contributed by atoms with Gasteiger partial charge in [-0.1, -0.05) is 214 Å². The SMILES string of the molecule is CCCCc1ccc(C2(c3ccc(CCCC)cc3)c3ccccc3-c3ccc(N(c4ccccc4)c4ccc5c(c4)C(c4ccc(C)cc4)(c4ccc(C)cc4)c4ccccc4-5)cc32)cc1. The number of unbranched alkanes of at least 4 members (excludes halogenated alkanes) is 2. The number of nitrogens with zero attached hydrogens (tertiary/aromatic N) is 1. The van der Waals surface area contributed by atoms with Gasteiger partial charge in [-0.15, -0.1) is 0 Å². The highest BCUT2D eigenvalue weighted by atomic mass is 15.1. The lowest BCUT2D eigenvalue weighted by Gasteiger charge is -2.36. The van der Waals surface area contributed by atoms with E-state index in [9.17, 15) is 0 Å². The van der Waals surface area contributed by atoms with E-state index < -0.39 is 10.8 Å². The Morgan fingerprint density at radius 1 is 0.328 bits per heavy atom. The Hall–Kier alpha value is -7.22. The van der Waals surface area contributed by atoms with Gasteiger partial charge in [-0.05, 0) is 154 Å². The van der Waals surface area contributed by atoms with Gasteiger partial charge in [-0.3, -0.25) is 0 Å². The molecule has 11 rings (SSSR count). The van der Waals surface area contributed by atoms with Crippen molar-refractivity contribution in [2.24, 2.45) is 0 Å². The number of para-hydroxylation sites is 1. The van der Waals surface area contributed by atoms with Crippen molar-refractivity contribution < 1.29 is 0 Å². The molecular formula is C66H59N. The van der Waals surface area contributed by atoms with Crippen LogP contribution < -0.4 is 4.90 Å². The van der Waals surface area contributed by atoms with Crippen molar-refractivity contribution >= 4 is 17.1 Å². The monoisotopic (exact) mass is 865 g/mol. The number of hydrogen-bond donors (Lipinski definition) is 0. The summed E-state index contributed by atoms with van der Waals surface area (Å²) in [6.45, 7) is 8.93. The van der Waals surface area contributed by atoms with Crippen LogP contribution in [0, 0.1) is 13.8 Å². The minimum atomic E-state index is -0.525. The topological polar surface area (TPSA) is 3.24 Å². The largest absolute Gasteiger partial charge is 0.310 e. The van der Waals surface area contributed by atoms with E-state index in [1.54, 1.807) is 0 Å². The molecule has 0 aromatic heterocycles. The molecule has 0 heterocycles. The van der Waals surface area contributed by atoms with Gasteiger partial charge in [0.05, 0.1) is 10.8 Å². The molecule has 0 aliphatic heterocycles. The third-order valence-electron chi connectivity index (χ3n) is 15.0. The van der Waals surface area contributed by atoms with Gasteiger partial charge in [0.15, 0.2) is 0 Å². The van der Waals surface area contributed by atoms with Gasteiger partial charge in [0, 0.05) is 17.1 Å². The van der Waals surface area contributed by atoms with Crippen molar-refractivity contribution in [1.82, 2.24) is 0 Å². The maximum absolute atomic E-state index is 2.52. The van der Waals surface area contributed by atoms with Crippen LogP contribution in [0.2, 0.25) is 0 Å². The van der Waals surface area contributed by atoms with E-state index in [0.717, 1.165) is 29.9 Å². The lowest BCUT2D eigenvalue weighted by Crippen LogP contribution is -2.29. The van der Waals surface area contributed by atoms with E-state index in [0.29, 0.717) is 0 Å². The van der Waals surface area contributed by atoms with E-state index in [2.05, 4.69) is 245 Å². The standard InChI is InChI=1S/C66H59N/c1-5-7-16-48-28-36-52(37-29-48)66(53-38-30-49(31-39-53)17-8-6-2)62-23-15-13-21-58(62)60-43-41-56(45-64(60)66)67(54-18-10-9-11-19-54)55-40-42-59-57-20-12-14-22-61(57)65(63(59)44-55,50-32-24-46(3)25-33-50)51-34-26-47(4)27-35-51/h9-15,18-45H,5-8,16-17H2,1-4H3. The Labute approximate surface area is 398 Å². The summed E-state index contributed by atoms with van der Waals surface area (Å²) in [5.74, 6) is 0. The summed E-state index contributed by atoms with van der Waals surface area (Å²) in [5.41, 5.74) is 23.3. The van der Waals surface area contributed by atoms with Crippen molar-refractivity contribution in [3.05, 3.63) is 279 Å². The lowest BCUT2D eigenvalue weighted by atomic mass is 9.67. The predicted molar refractivity (Wildman–Crippen MR) is 282 cm³/mol. The van der Waals surface area contributed by atoms with Gasteiger partial charge in [0.2, 0.25) is 0 Å². The Morgan fingerprint density at radius 2 is 0.687 bits per heavy atom. The van der Waals surface area contributed by atoms with E-state index in [-0.39, 0.29) is 0 Å². The number of fused-ring (bicyclic) bond motifs is 6. The van der Waals surface area contributed by atoms with Crippen LogP contribution in [0.3, 0.4) is 0 Å². The van der Waals surface area contributed by atoms with Crippen LogP contribution in [-0.2, 0) is 23.7 Å². The first kappa shape index (κ1) is 42.4. The normalized spacial score (nSPS) is 13.7. The van der Waals surface area contributed by atoms with Crippen molar-refractivity contribution in [2.75, 3.05) is 4.90 Å². The van der Waals surface area contributed by atoms with Gasteiger partial charge in [-0.2, -0.15) is 0 Å². The fourth-order valence-electron chi connectivity index (χ4n) is 11.6. The first-order valence-electron chi connectivity index (χ1n) is 24.6. The third-order valence-corrected chi connectivity index (χ3v) is 15.0. The molecule has 0 bridgehead atoms. The van der Waals surface area contributed by atoms with E-state index >= 15 is 0 Å². The quantitative estimate of drug-likeness (QED) is 0.112. The molecule has 0 fully saturated rings. The molecule has 67 heavy (non-hydrogen) atoms. The zero-order valence-corrected chi connectivity index (χ0v) is 39.4. The van der Waals surface area contributed by atoms with Crippen molar-refractivity contribution in [3.63, 3.8) is 0 Å². The van der Waals surface area contributed by atoms with Crippen LogP contribution in [0.4, 0.5) is 17.1 Å². The average molecular weight is 866 g/mol. The summed E-state index contributed by atoms with van der Waals surface area (Å²) in [7, 11) is 0. The second kappa shape index (κ2) is 17.5. The molecule has 0 amide bonds. The molecule has 2 aliphatic rings. The van der Waals surface area contributed by atoms with Gasteiger partial charge < -0.3 is 4.90 Å². The zero-order chi connectivity index (χ0) is 45.5. The summed E-state index contributed by atoms with van der Waals surface area (Å²) in [6, 6.07) is 81.5. The van der Waals surface area contributed by atoms with Gasteiger partial charge in [0.25, 0.3) is 0 Å². The molecule has 0 saturated heterocycles. The maximum Gasteiger partial charge on any atom is 0.0714 e. The van der Waals surface area contributed by atoms with Crippen molar-refractivity contribution in [1.29, 1.82) is 0 Å². The molecule has 9 aromatic carbocycles. The van der Waals surface area contributed by atoms with Crippen LogP contribution in [0.1, 0.15) is 106 Å². The summed E-state index contributed by atoms with van der Waals surface area (Å²) >= 11 is 0. The predicted octanol–water partition coefficient (Wildman–Crippen LogP) is 17.2. The van der Waals surface area contributed by atoms with Crippen LogP contribution in [0.5, 0.6) is 0 Å². The van der Waals surface area contributed by atoms with Crippen LogP contribution in [0.15, 0.2) is 212 Å². The summed E-state index contributed by atoms with van der Waals surface area (Å²) < 4.78 is 0. The minimum Gasteiger partial charge on any atom is -0.310 e. The fourth-order valence-corrected chi connectivity index (χ4v) is 11.6. The molecule has 1 heteroatoms. The molecule has 1 nitrogen and oxygen atoms in total. The smallest absolute Gasteiger partial charge is 0.0714 e. The Balaban J connectivity index is 1.15. The average Bonchev–Trinajstić information content (AvgIpc) is 3.84. The molecule has 0 saturated carbocycles. The minimum absolute atomic E-state index is 0.521. The maximum atomic E-state index is 2.52. The highest BCUT2D eigenvalue weighted by molar-refractivity contribution is 5.92. The van der Waals surface area contributed by atoms with E-state index in [4.69, 9.17) is 0 Å². The van der Waals surface area contributed by atoms with E-state index in [1.165, 1.54) is 115 Å². The Morgan fingerprint density at radius 3 is 1.09 bits per heavy atom. The van der Waals surface area contributed by atoms with Crippen molar-refractivity contribution in [2.45, 2.75) is 77.0 Å². The molecule has 328 valence electrons. The molecule has 0 atom stereocenters. The highest BCUT2D eigenvalue weighted by Crippen LogP contribution is 2.59. The number of anilines is 3. The molecular weight excluding hydrogens is 807 g/mol. The fraction of sp³-hybridized carbons (Fsp3) is 0.182. The van der Waals surface area contributed by atoms with Gasteiger partial charge in [0.1, 0.15) is 0 Å². The number of hydrogen-bond acceptors (Lipinski definition) is 1. The third kappa shape index (κ3) is 6.98. The molecule has 0 spiro atoms. The molecule has 0 N–H and O–H groups in total. The summed E-state index contributed by atoms with van der Waals surface area (Å²) in [5, 5.41) is 0. The summed E-state index contributed by atoms with van der Waals surface area (Å²) in [4.78, 5) is 2.49. The van der Waals surface area contributed by atoms with Gasteiger partial charge in [-0.25, -0.2) is 0 Å². The second-order valence-corrected chi connectivity index (χ2v) is 19.1. The van der Waals surface area contributed by atoms with Crippen LogP contribution in [-0.4, -0.2) is 0 Å². The van der Waals surface area contributed by atoms with Crippen molar-refractivity contribution in [3.8, 4) is 22.3 Å². The van der Waals surface area contributed by atoms with Crippen LogP contribution in [0.25, 0.3) is 22.3 Å². The number of rotatable bonds is 13. The Bertz CT molecular complexity index is 3100. The molecule has 0 unspecified atom stereocenters. The zero-order valence-electron chi connectivity index (χ0n) is 39.4.